The Balaban J connectivity index is 1.73. The van der Waals surface area contributed by atoms with E-state index in [1.54, 1.807) is 6.07 Å². The lowest BCUT2D eigenvalue weighted by Crippen LogP contribution is -2.54. The molecule has 4 aromatic carbocycles. The van der Waals surface area contributed by atoms with Gasteiger partial charge in [0.05, 0.1) is 25.4 Å². The first kappa shape index (κ1) is 30.3. The summed E-state index contributed by atoms with van der Waals surface area (Å²) in [6, 6.07) is 34.3. The molecule has 0 aromatic heterocycles. The minimum Gasteiger partial charge on any atom is -0.406 e. The van der Waals surface area contributed by atoms with Crippen LogP contribution in [0.4, 0.5) is 13.2 Å². The third kappa shape index (κ3) is 9.72. The fourth-order valence-electron chi connectivity index (χ4n) is 4.88. The second-order valence-corrected chi connectivity index (χ2v) is 9.95. The van der Waals surface area contributed by atoms with E-state index in [4.69, 9.17) is 10.5 Å². The summed E-state index contributed by atoms with van der Waals surface area (Å²) < 4.78 is 49.6. The molecule has 41 heavy (non-hydrogen) atoms. The summed E-state index contributed by atoms with van der Waals surface area (Å²) in [5, 5.41) is 10.2. The first-order valence-electron chi connectivity index (χ1n) is 13.5. The van der Waals surface area contributed by atoms with Gasteiger partial charge in [-0.1, -0.05) is 103 Å². The number of hydrogen-bond donors (Lipinski definition) is 2. The van der Waals surface area contributed by atoms with Gasteiger partial charge in [-0.25, -0.2) is 0 Å². The van der Waals surface area contributed by atoms with Gasteiger partial charge in [0.2, 0.25) is 0 Å². The molecular weight excluding hydrogens is 529 g/mol. The monoisotopic (exact) mass is 564 g/mol. The van der Waals surface area contributed by atoms with Crippen molar-refractivity contribution in [3.63, 3.8) is 0 Å². The lowest BCUT2D eigenvalue weighted by Gasteiger charge is -2.39. The zero-order valence-corrected chi connectivity index (χ0v) is 22.7. The van der Waals surface area contributed by atoms with E-state index in [1.807, 2.05) is 91.0 Å². The highest BCUT2D eigenvalue weighted by Crippen LogP contribution is 2.27. The molecule has 0 spiro atoms. The molecule has 0 saturated carbocycles. The van der Waals surface area contributed by atoms with Crippen LogP contribution in [0.15, 0.2) is 115 Å². The summed E-state index contributed by atoms with van der Waals surface area (Å²) in [5.74, 6) is -0.292. The molecule has 8 heteroatoms. The molecular formula is C33H35F3N2O3. The van der Waals surface area contributed by atoms with Gasteiger partial charge < -0.3 is 20.3 Å². The summed E-state index contributed by atoms with van der Waals surface area (Å²) in [6.07, 6.45) is -5.15. The van der Waals surface area contributed by atoms with Crippen molar-refractivity contribution >= 4 is 0 Å². The van der Waals surface area contributed by atoms with Crippen LogP contribution < -0.4 is 10.5 Å². The second kappa shape index (κ2) is 14.8. The molecule has 0 heterocycles. The normalized spacial score (nSPS) is 14.0. The van der Waals surface area contributed by atoms with E-state index in [2.05, 4.69) is 9.64 Å². The minimum atomic E-state index is -4.80. The van der Waals surface area contributed by atoms with E-state index in [-0.39, 0.29) is 19.0 Å². The van der Waals surface area contributed by atoms with Crippen molar-refractivity contribution in [2.45, 2.75) is 50.7 Å². The SMILES string of the molecule is N[C@H](CO)[C@@H](OCc1ccccc1)[C@H](Cc1cccc(OC(F)(F)F)c1)N(Cc1ccccc1)Cc1ccccc1. The van der Waals surface area contributed by atoms with Gasteiger partial charge in [0.1, 0.15) is 5.75 Å². The van der Waals surface area contributed by atoms with Gasteiger partial charge in [-0.05, 0) is 40.8 Å². The van der Waals surface area contributed by atoms with Crippen molar-refractivity contribution in [3.05, 3.63) is 138 Å². The average molecular weight is 565 g/mol. The quantitative estimate of drug-likeness (QED) is 0.194. The maximum atomic E-state index is 13.0. The van der Waals surface area contributed by atoms with Crippen LogP contribution in [0.2, 0.25) is 0 Å². The largest absolute Gasteiger partial charge is 0.573 e. The lowest BCUT2D eigenvalue weighted by molar-refractivity contribution is -0.274. The van der Waals surface area contributed by atoms with Crippen molar-refractivity contribution in [1.29, 1.82) is 0 Å². The van der Waals surface area contributed by atoms with Gasteiger partial charge in [-0.15, -0.1) is 13.2 Å². The zero-order chi connectivity index (χ0) is 29.1. The van der Waals surface area contributed by atoms with E-state index in [1.165, 1.54) is 18.2 Å². The number of hydrogen-bond acceptors (Lipinski definition) is 5. The molecule has 5 nitrogen and oxygen atoms in total. The Bertz CT molecular complexity index is 1270. The highest BCUT2D eigenvalue weighted by Gasteiger charge is 2.34. The molecule has 0 bridgehead atoms. The fourth-order valence-corrected chi connectivity index (χ4v) is 4.88. The summed E-state index contributed by atoms with van der Waals surface area (Å²) in [5.41, 5.74) is 10.2. The number of nitrogens with two attached hydrogens (primary N) is 1. The van der Waals surface area contributed by atoms with Crippen molar-refractivity contribution in [2.24, 2.45) is 5.73 Å². The minimum absolute atomic E-state index is 0.261. The molecule has 3 N–H and O–H groups in total. The molecule has 0 fully saturated rings. The standard InChI is InChI=1S/C33H35F3N2O3/c34-33(35,36)41-29-18-10-17-28(19-29)20-31(32(30(37)23-39)40-24-27-15-8-3-9-16-27)38(21-25-11-4-1-5-12-25)22-26-13-6-2-7-14-26/h1-19,30-32,39H,20-24,37H2/t30-,31+,32-/m1/s1. The average Bonchev–Trinajstić information content (AvgIpc) is 2.97. The van der Waals surface area contributed by atoms with Gasteiger partial charge in [0.25, 0.3) is 0 Å². The highest BCUT2D eigenvalue weighted by atomic mass is 19.4. The van der Waals surface area contributed by atoms with Gasteiger partial charge in [-0.3, -0.25) is 4.90 Å². The van der Waals surface area contributed by atoms with E-state index in [0.717, 1.165) is 16.7 Å². The van der Waals surface area contributed by atoms with Crippen molar-refractivity contribution in [1.82, 2.24) is 4.90 Å². The number of rotatable bonds is 14. The Kier molecular flexibility index (Phi) is 10.9. The van der Waals surface area contributed by atoms with E-state index >= 15 is 0 Å². The Morgan fingerprint density at radius 3 is 1.73 bits per heavy atom. The molecule has 0 aliphatic carbocycles. The Morgan fingerprint density at radius 2 is 1.22 bits per heavy atom. The van der Waals surface area contributed by atoms with Crippen LogP contribution in [0.25, 0.3) is 0 Å². The van der Waals surface area contributed by atoms with Gasteiger partial charge >= 0.3 is 6.36 Å². The van der Waals surface area contributed by atoms with E-state index in [0.29, 0.717) is 25.1 Å². The number of halogens is 3. The maximum absolute atomic E-state index is 13.0. The maximum Gasteiger partial charge on any atom is 0.573 e. The van der Waals surface area contributed by atoms with Gasteiger partial charge in [-0.2, -0.15) is 0 Å². The molecule has 0 saturated heterocycles. The molecule has 216 valence electrons. The van der Waals surface area contributed by atoms with Crippen LogP contribution in [0.3, 0.4) is 0 Å². The Hall–Kier alpha value is -3.69. The molecule has 0 unspecified atom stereocenters. The second-order valence-electron chi connectivity index (χ2n) is 9.95. The third-order valence-electron chi connectivity index (χ3n) is 6.80. The van der Waals surface area contributed by atoms with Crippen LogP contribution in [0.1, 0.15) is 22.3 Å². The Morgan fingerprint density at radius 1 is 0.707 bits per heavy atom. The predicted molar refractivity (Wildman–Crippen MR) is 153 cm³/mol. The predicted octanol–water partition coefficient (Wildman–Crippen LogP) is 6.10. The number of alkyl halides is 3. The topological polar surface area (TPSA) is 68.0 Å². The third-order valence-corrected chi connectivity index (χ3v) is 6.80. The Labute approximate surface area is 239 Å². The summed E-state index contributed by atoms with van der Waals surface area (Å²) in [6.45, 7) is 1.00. The molecule has 0 aliphatic heterocycles. The summed E-state index contributed by atoms with van der Waals surface area (Å²) in [7, 11) is 0. The number of aliphatic hydroxyl groups excluding tert-OH is 1. The van der Waals surface area contributed by atoms with Crippen molar-refractivity contribution in [2.75, 3.05) is 6.61 Å². The molecule has 4 aromatic rings. The molecule has 3 atom stereocenters. The highest BCUT2D eigenvalue weighted by molar-refractivity contribution is 5.30. The first-order chi connectivity index (χ1) is 19.8. The van der Waals surface area contributed by atoms with Crippen LogP contribution in [0, 0.1) is 0 Å². The van der Waals surface area contributed by atoms with E-state index < -0.39 is 24.6 Å². The summed E-state index contributed by atoms with van der Waals surface area (Å²) in [4.78, 5) is 2.22. The number of nitrogens with zero attached hydrogens (tertiary/aromatic N) is 1. The van der Waals surface area contributed by atoms with Gasteiger partial charge in [0.15, 0.2) is 0 Å². The molecule has 4 rings (SSSR count). The van der Waals surface area contributed by atoms with Gasteiger partial charge in [0, 0.05) is 19.1 Å². The van der Waals surface area contributed by atoms with Crippen LogP contribution >= 0.6 is 0 Å². The van der Waals surface area contributed by atoms with Crippen molar-refractivity contribution in [3.8, 4) is 5.75 Å². The lowest BCUT2D eigenvalue weighted by atomic mass is 9.93. The first-order valence-corrected chi connectivity index (χ1v) is 13.5. The summed E-state index contributed by atoms with van der Waals surface area (Å²) >= 11 is 0. The number of aliphatic hydroxyl groups is 1. The van der Waals surface area contributed by atoms with Crippen LogP contribution in [-0.2, 0) is 30.9 Å². The van der Waals surface area contributed by atoms with Crippen molar-refractivity contribution < 1.29 is 27.8 Å². The van der Waals surface area contributed by atoms with Crippen LogP contribution in [0.5, 0.6) is 5.75 Å². The van der Waals surface area contributed by atoms with E-state index in [9.17, 15) is 18.3 Å². The fraction of sp³-hybridized carbons (Fsp3) is 0.273. The zero-order valence-electron chi connectivity index (χ0n) is 22.7. The molecule has 0 aliphatic rings. The number of benzene rings is 4. The molecule has 0 amide bonds. The number of ether oxygens (including phenoxy) is 2. The van der Waals surface area contributed by atoms with Crippen LogP contribution in [-0.4, -0.2) is 41.2 Å². The smallest absolute Gasteiger partial charge is 0.406 e. The molecule has 0 radical (unpaired) electrons.